The molecule has 106 valence electrons. The highest BCUT2D eigenvalue weighted by Gasteiger charge is 2.39. The van der Waals surface area contributed by atoms with Crippen molar-refractivity contribution in [3.05, 3.63) is 69.2 Å². The maximum absolute atomic E-state index is 12.9. The number of benzene rings is 2. The van der Waals surface area contributed by atoms with Crippen molar-refractivity contribution in [2.75, 3.05) is 0 Å². The van der Waals surface area contributed by atoms with Gasteiger partial charge in [0.05, 0.1) is 16.1 Å². The van der Waals surface area contributed by atoms with E-state index in [0.717, 1.165) is 12.1 Å². The Kier molecular flexibility index (Phi) is 2.92. The van der Waals surface area contributed by atoms with Crippen molar-refractivity contribution in [2.45, 2.75) is 6.18 Å². The maximum atomic E-state index is 12.9. The lowest BCUT2D eigenvalue weighted by molar-refractivity contribution is -0.137. The third-order valence-electron chi connectivity index (χ3n) is 3.34. The molecule has 0 fully saturated rings. The second-order valence-electron chi connectivity index (χ2n) is 4.55. The van der Waals surface area contributed by atoms with E-state index in [1.165, 1.54) is 18.2 Å². The number of ketones is 2. The van der Waals surface area contributed by atoms with Gasteiger partial charge in [-0.25, -0.2) is 0 Å². The lowest BCUT2D eigenvalue weighted by atomic mass is 9.83. The molecule has 3 rings (SSSR count). The van der Waals surface area contributed by atoms with Crippen LogP contribution in [0.25, 0.3) is 0 Å². The van der Waals surface area contributed by atoms with Gasteiger partial charge in [-0.2, -0.15) is 13.2 Å². The van der Waals surface area contributed by atoms with Gasteiger partial charge in [0.15, 0.2) is 11.6 Å². The lowest BCUT2D eigenvalue weighted by Crippen LogP contribution is -2.22. The molecule has 1 aliphatic rings. The number of hydrogen-bond acceptors (Lipinski definition) is 2. The quantitative estimate of drug-likeness (QED) is 0.625. The molecular weight excluding hydrogens is 305 g/mol. The fraction of sp³-hybridized carbons (Fsp3) is 0.0667. The minimum Gasteiger partial charge on any atom is -0.289 e. The third kappa shape index (κ3) is 1.96. The maximum Gasteiger partial charge on any atom is 0.417 e. The van der Waals surface area contributed by atoms with Crippen molar-refractivity contribution >= 4 is 23.2 Å². The first-order valence-corrected chi connectivity index (χ1v) is 6.28. The van der Waals surface area contributed by atoms with Crippen LogP contribution in [0.4, 0.5) is 13.2 Å². The van der Waals surface area contributed by atoms with Gasteiger partial charge in [0, 0.05) is 16.7 Å². The molecule has 0 atom stereocenters. The number of carbonyl (C=O) groups is 2. The fourth-order valence-corrected chi connectivity index (χ4v) is 2.72. The topological polar surface area (TPSA) is 34.1 Å². The van der Waals surface area contributed by atoms with Crippen LogP contribution in [0.3, 0.4) is 0 Å². The number of fused-ring (bicyclic) bond motifs is 2. The van der Waals surface area contributed by atoms with Crippen molar-refractivity contribution in [2.24, 2.45) is 0 Å². The minimum atomic E-state index is -4.69. The molecule has 0 spiro atoms. The van der Waals surface area contributed by atoms with Crippen LogP contribution in [0.1, 0.15) is 37.4 Å². The second-order valence-corrected chi connectivity index (χ2v) is 4.93. The highest BCUT2D eigenvalue weighted by molar-refractivity contribution is 6.39. The molecule has 0 aromatic heterocycles. The molecule has 0 unspecified atom stereocenters. The molecule has 0 amide bonds. The third-order valence-corrected chi connectivity index (χ3v) is 3.73. The molecule has 2 aromatic rings. The van der Waals surface area contributed by atoms with E-state index in [0.29, 0.717) is 0 Å². The van der Waals surface area contributed by atoms with Crippen LogP contribution in [-0.4, -0.2) is 11.6 Å². The summed E-state index contributed by atoms with van der Waals surface area (Å²) in [6.45, 7) is 0. The highest BCUT2D eigenvalue weighted by atomic mass is 35.5. The molecule has 2 nitrogen and oxygen atoms in total. The fourth-order valence-electron chi connectivity index (χ4n) is 2.37. The monoisotopic (exact) mass is 310 g/mol. The Morgan fingerprint density at radius 3 is 1.95 bits per heavy atom. The van der Waals surface area contributed by atoms with E-state index < -0.39 is 28.3 Å². The molecule has 0 N–H and O–H groups in total. The van der Waals surface area contributed by atoms with Gasteiger partial charge >= 0.3 is 6.18 Å². The zero-order valence-corrected chi connectivity index (χ0v) is 11.0. The first-order valence-electron chi connectivity index (χ1n) is 5.90. The molecule has 0 heterocycles. The predicted octanol–water partition coefficient (Wildman–Crippen LogP) is 4.13. The van der Waals surface area contributed by atoms with E-state index in [1.54, 1.807) is 6.07 Å². The summed E-state index contributed by atoms with van der Waals surface area (Å²) in [6, 6.07) is 7.71. The van der Waals surface area contributed by atoms with Gasteiger partial charge < -0.3 is 0 Å². The molecule has 0 aliphatic heterocycles. The number of hydrogen-bond donors (Lipinski definition) is 0. The van der Waals surface area contributed by atoms with Crippen LogP contribution in [0.15, 0.2) is 36.4 Å². The number of alkyl halides is 3. The van der Waals surface area contributed by atoms with Crippen LogP contribution in [-0.2, 0) is 6.18 Å². The van der Waals surface area contributed by atoms with Gasteiger partial charge in [-0.15, -0.1) is 0 Å². The summed E-state index contributed by atoms with van der Waals surface area (Å²) in [6.07, 6.45) is -4.69. The first-order chi connectivity index (χ1) is 9.82. The van der Waals surface area contributed by atoms with Gasteiger partial charge in [0.25, 0.3) is 0 Å². The average molecular weight is 311 g/mol. The summed E-state index contributed by atoms with van der Waals surface area (Å²) in [5, 5.41) is -0.729. The molecule has 1 aliphatic carbocycles. The minimum absolute atomic E-state index is 0.0659. The molecule has 0 radical (unpaired) electrons. The van der Waals surface area contributed by atoms with Crippen LogP contribution < -0.4 is 0 Å². The van der Waals surface area contributed by atoms with Gasteiger partial charge in [0.1, 0.15) is 0 Å². The highest BCUT2D eigenvalue weighted by Crippen LogP contribution is 2.40. The summed E-state index contributed by atoms with van der Waals surface area (Å²) in [5.74, 6) is -1.17. The van der Waals surface area contributed by atoms with Crippen molar-refractivity contribution < 1.29 is 22.8 Å². The number of carbonyl (C=O) groups excluding carboxylic acids is 2. The molecule has 0 bridgehead atoms. The molecule has 0 saturated heterocycles. The molecule has 0 saturated carbocycles. The smallest absolute Gasteiger partial charge is 0.289 e. The summed E-state index contributed by atoms with van der Waals surface area (Å²) >= 11 is 5.74. The average Bonchev–Trinajstić information content (AvgIpc) is 2.43. The zero-order valence-electron chi connectivity index (χ0n) is 10.3. The summed E-state index contributed by atoms with van der Waals surface area (Å²) in [7, 11) is 0. The Labute approximate surface area is 122 Å². The van der Waals surface area contributed by atoms with Crippen molar-refractivity contribution in [1.29, 1.82) is 0 Å². The van der Waals surface area contributed by atoms with Crippen LogP contribution in [0.2, 0.25) is 5.02 Å². The Bertz CT molecular complexity index is 794. The van der Waals surface area contributed by atoms with E-state index in [4.69, 9.17) is 11.6 Å². The summed E-state index contributed by atoms with van der Waals surface area (Å²) < 4.78 is 38.6. The number of rotatable bonds is 0. The predicted molar refractivity (Wildman–Crippen MR) is 69.8 cm³/mol. The SMILES string of the molecule is O=C1c2ccccc2C(=O)c2c1ccc(C(F)(F)F)c2Cl. The van der Waals surface area contributed by atoms with Gasteiger partial charge in [-0.3, -0.25) is 9.59 Å². The van der Waals surface area contributed by atoms with Crippen LogP contribution in [0, 0.1) is 0 Å². The number of halogens is 4. The Morgan fingerprint density at radius 2 is 1.38 bits per heavy atom. The van der Waals surface area contributed by atoms with E-state index in [1.807, 2.05) is 0 Å². The van der Waals surface area contributed by atoms with Gasteiger partial charge in [0.2, 0.25) is 0 Å². The van der Waals surface area contributed by atoms with Gasteiger partial charge in [-0.1, -0.05) is 35.9 Å². The standard InChI is InChI=1S/C15H6ClF3O2/c16-12-10(15(17,18)19)6-5-9-11(12)14(21)8-4-2-1-3-7(8)13(9)20/h1-6H. The Hall–Kier alpha value is -2.14. The zero-order chi connectivity index (χ0) is 15.4. The molecule has 2 aromatic carbocycles. The first kappa shape index (κ1) is 13.8. The largest absolute Gasteiger partial charge is 0.417 e. The normalized spacial score (nSPS) is 13.9. The molecule has 21 heavy (non-hydrogen) atoms. The van der Waals surface area contributed by atoms with E-state index >= 15 is 0 Å². The second kappa shape index (κ2) is 4.43. The molecule has 6 heteroatoms. The van der Waals surface area contributed by atoms with Crippen LogP contribution >= 0.6 is 11.6 Å². The van der Waals surface area contributed by atoms with E-state index in [-0.39, 0.29) is 22.3 Å². The summed E-state index contributed by atoms with van der Waals surface area (Å²) in [5.41, 5.74) is -1.36. The van der Waals surface area contributed by atoms with Gasteiger partial charge in [-0.05, 0) is 12.1 Å². The van der Waals surface area contributed by atoms with Crippen molar-refractivity contribution in [3.63, 3.8) is 0 Å². The summed E-state index contributed by atoms with van der Waals surface area (Å²) in [4.78, 5) is 24.6. The lowest BCUT2D eigenvalue weighted by Gasteiger charge is -2.20. The van der Waals surface area contributed by atoms with Crippen molar-refractivity contribution in [1.82, 2.24) is 0 Å². The Morgan fingerprint density at radius 1 is 0.810 bits per heavy atom. The van der Waals surface area contributed by atoms with E-state index in [2.05, 4.69) is 0 Å². The van der Waals surface area contributed by atoms with Crippen molar-refractivity contribution in [3.8, 4) is 0 Å². The molecular formula is C15H6ClF3O2. The Balaban J connectivity index is 2.32. The van der Waals surface area contributed by atoms with E-state index in [9.17, 15) is 22.8 Å². The van der Waals surface area contributed by atoms with Crippen LogP contribution in [0.5, 0.6) is 0 Å².